The minimum atomic E-state index is -0.798. The van der Waals surface area contributed by atoms with E-state index in [1.807, 2.05) is 55.5 Å². The molecule has 1 saturated heterocycles. The largest absolute Gasteiger partial charge is 0.451 e. The molecule has 28 heavy (non-hydrogen) atoms. The smallest absolute Gasteiger partial charge is 0.290 e. The molecule has 2 aromatic heterocycles. The average Bonchev–Trinajstić information content (AvgIpc) is 3.44. The predicted molar refractivity (Wildman–Crippen MR) is 110 cm³/mol. The first kappa shape index (κ1) is 17.4. The van der Waals surface area contributed by atoms with Crippen LogP contribution in [0.25, 0.3) is 21.2 Å². The van der Waals surface area contributed by atoms with Gasteiger partial charge in [-0.3, -0.25) is 4.79 Å². The molecule has 0 bridgehead atoms. The van der Waals surface area contributed by atoms with Crippen LogP contribution in [0.5, 0.6) is 0 Å². The van der Waals surface area contributed by atoms with Crippen LogP contribution in [0.2, 0.25) is 0 Å². The maximum Gasteiger partial charge on any atom is 0.290 e. The number of fused-ring (bicyclic) bond motifs is 2. The lowest BCUT2D eigenvalue weighted by molar-refractivity contribution is 0.0462. The van der Waals surface area contributed by atoms with Gasteiger partial charge < -0.3 is 14.4 Å². The van der Waals surface area contributed by atoms with Gasteiger partial charge in [0.15, 0.2) is 5.76 Å². The van der Waals surface area contributed by atoms with Gasteiger partial charge in [-0.1, -0.05) is 30.3 Å². The normalized spacial score (nSPS) is 18.2. The van der Waals surface area contributed by atoms with E-state index in [1.165, 1.54) is 11.3 Å². The summed E-state index contributed by atoms with van der Waals surface area (Å²) in [4.78, 5) is 19.6. The van der Waals surface area contributed by atoms with Gasteiger partial charge in [0, 0.05) is 17.5 Å². The van der Waals surface area contributed by atoms with Crippen molar-refractivity contribution in [3.63, 3.8) is 0 Å². The van der Waals surface area contributed by atoms with Crippen molar-refractivity contribution in [1.82, 2.24) is 9.88 Å². The minimum Gasteiger partial charge on any atom is -0.451 e. The molecule has 0 spiro atoms. The molecule has 0 unspecified atom stereocenters. The standard InChI is InChI=1S/C22H20N2O3S/c1-13-14-7-2-4-10-17(14)27-20(13)22(26)24-12-6-9-16(24)19(25)21-23-15-8-3-5-11-18(15)28-21/h2-5,7-8,10-11,16,19,25H,6,9,12H2,1H3/t16-,19-/m0/s1. The summed E-state index contributed by atoms with van der Waals surface area (Å²) in [7, 11) is 0. The Morgan fingerprint density at radius 1 is 1.25 bits per heavy atom. The molecule has 1 N–H and O–H groups in total. The number of carbonyl (C=O) groups is 1. The van der Waals surface area contributed by atoms with Crippen molar-refractivity contribution in [3.05, 3.63) is 64.9 Å². The average molecular weight is 392 g/mol. The second-order valence-corrected chi connectivity index (χ2v) is 8.29. The number of hydrogen-bond acceptors (Lipinski definition) is 5. The summed E-state index contributed by atoms with van der Waals surface area (Å²) in [6.07, 6.45) is 0.813. The fourth-order valence-corrected chi connectivity index (χ4v) is 5.07. The van der Waals surface area contributed by atoms with Crippen molar-refractivity contribution in [2.75, 3.05) is 6.54 Å². The first-order chi connectivity index (χ1) is 13.6. The molecule has 1 aliphatic rings. The van der Waals surface area contributed by atoms with Gasteiger partial charge in [-0.15, -0.1) is 11.3 Å². The van der Waals surface area contributed by atoms with Gasteiger partial charge in [0.1, 0.15) is 16.7 Å². The number of aromatic nitrogens is 1. The van der Waals surface area contributed by atoms with Gasteiger partial charge in [-0.25, -0.2) is 4.98 Å². The molecule has 4 aromatic rings. The van der Waals surface area contributed by atoms with Crippen molar-refractivity contribution >= 4 is 38.4 Å². The van der Waals surface area contributed by atoms with Crippen LogP contribution in [0.1, 0.15) is 40.1 Å². The Morgan fingerprint density at radius 2 is 2.04 bits per heavy atom. The number of nitrogens with zero attached hydrogens (tertiary/aromatic N) is 2. The van der Waals surface area contributed by atoms with E-state index in [2.05, 4.69) is 4.98 Å². The first-order valence-electron chi connectivity index (χ1n) is 9.46. The zero-order valence-electron chi connectivity index (χ0n) is 15.5. The Balaban J connectivity index is 1.47. The number of benzene rings is 2. The predicted octanol–water partition coefficient (Wildman–Crippen LogP) is 4.69. The first-order valence-corrected chi connectivity index (χ1v) is 10.3. The quantitative estimate of drug-likeness (QED) is 0.549. The van der Waals surface area contributed by atoms with Crippen LogP contribution in [0, 0.1) is 6.92 Å². The summed E-state index contributed by atoms with van der Waals surface area (Å²) in [5.41, 5.74) is 2.44. The summed E-state index contributed by atoms with van der Waals surface area (Å²) in [5.74, 6) is 0.209. The lowest BCUT2D eigenvalue weighted by Gasteiger charge is -2.27. The van der Waals surface area contributed by atoms with Crippen molar-refractivity contribution in [3.8, 4) is 0 Å². The van der Waals surface area contributed by atoms with Crippen LogP contribution in [-0.4, -0.2) is 33.5 Å². The molecule has 0 radical (unpaired) electrons. The molecule has 2 atom stereocenters. The van der Waals surface area contributed by atoms with E-state index in [9.17, 15) is 9.90 Å². The van der Waals surface area contributed by atoms with Crippen molar-refractivity contribution in [2.24, 2.45) is 0 Å². The third-order valence-corrected chi connectivity index (χ3v) is 6.63. The maximum atomic E-state index is 13.3. The fourth-order valence-electron chi connectivity index (χ4n) is 4.06. The number of hydrogen-bond donors (Lipinski definition) is 1. The molecular weight excluding hydrogens is 372 g/mol. The van der Waals surface area contributed by atoms with Crippen LogP contribution < -0.4 is 0 Å². The minimum absolute atomic E-state index is 0.156. The third-order valence-electron chi connectivity index (χ3n) is 5.53. The molecule has 0 saturated carbocycles. The molecule has 5 rings (SSSR count). The number of para-hydroxylation sites is 2. The van der Waals surface area contributed by atoms with Gasteiger partial charge in [0.2, 0.25) is 0 Å². The molecule has 2 aromatic carbocycles. The van der Waals surface area contributed by atoms with Gasteiger partial charge in [0.05, 0.1) is 16.3 Å². The van der Waals surface area contributed by atoms with Gasteiger partial charge in [-0.2, -0.15) is 0 Å². The highest BCUT2D eigenvalue weighted by atomic mass is 32.1. The van der Waals surface area contributed by atoms with Crippen molar-refractivity contribution in [2.45, 2.75) is 31.9 Å². The maximum absolute atomic E-state index is 13.3. The van der Waals surface area contributed by atoms with E-state index in [1.54, 1.807) is 4.90 Å². The summed E-state index contributed by atoms with van der Waals surface area (Å²) in [6, 6.07) is 15.2. The highest BCUT2D eigenvalue weighted by Crippen LogP contribution is 2.35. The van der Waals surface area contributed by atoms with Crippen LogP contribution in [-0.2, 0) is 0 Å². The third kappa shape index (κ3) is 2.72. The van der Waals surface area contributed by atoms with E-state index >= 15 is 0 Å². The highest BCUT2D eigenvalue weighted by Gasteiger charge is 2.38. The lowest BCUT2D eigenvalue weighted by atomic mass is 10.1. The summed E-state index contributed by atoms with van der Waals surface area (Å²) in [5, 5.41) is 12.6. The van der Waals surface area contributed by atoms with E-state index in [4.69, 9.17) is 4.42 Å². The zero-order valence-corrected chi connectivity index (χ0v) is 16.3. The molecule has 142 valence electrons. The number of aliphatic hydroxyl groups is 1. The molecule has 5 nitrogen and oxygen atoms in total. The number of likely N-dealkylation sites (tertiary alicyclic amines) is 1. The molecule has 0 aliphatic carbocycles. The molecule has 1 fully saturated rings. The second-order valence-electron chi connectivity index (χ2n) is 7.23. The van der Waals surface area contributed by atoms with Crippen molar-refractivity contribution < 1.29 is 14.3 Å². The van der Waals surface area contributed by atoms with E-state index in [0.717, 1.165) is 34.0 Å². The molecule has 1 amide bonds. The van der Waals surface area contributed by atoms with Crippen molar-refractivity contribution in [1.29, 1.82) is 0 Å². The summed E-state index contributed by atoms with van der Waals surface area (Å²) in [6.45, 7) is 2.52. The SMILES string of the molecule is Cc1c(C(=O)N2CCC[C@H]2[C@H](O)c2nc3ccccc3s2)oc2ccccc12. The number of aliphatic hydroxyl groups excluding tert-OH is 1. The van der Waals surface area contributed by atoms with Crippen LogP contribution in [0.3, 0.4) is 0 Å². The molecule has 3 heterocycles. The zero-order chi connectivity index (χ0) is 19.3. The van der Waals surface area contributed by atoms with Crippen LogP contribution in [0.4, 0.5) is 0 Å². The molecule has 6 heteroatoms. The summed E-state index contributed by atoms with van der Waals surface area (Å²) < 4.78 is 6.91. The number of aryl methyl sites for hydroxylation is 1. The highest BCUT2D eigenvalue weighted by molar-refractivity contribution is 7.18. The van der Waals surface area contributed by atoms with Crippen LogP contribution >= 0.6 is 11.3 Å². The summed E-state index contributed by atoms with van der Waals surface area (Å²) >= 11 is 1.49. The monoisotopic (exact) mass is 392 g/mol. The van der Waals surface area contributed by atoms with Gasteiger partial charge in [0.25, 0.3) is 5.91 Å². The number of amides is 1. The van der Waals surface area contributed by atoms with E-state index < -0.39 is 6.10 Å². The van der Waals surface area contributed by atoms with Gasteiger partial charge >= 0.3 is 0 Å². The fraction of sp³-hybridized carbons (Fsp3) is 0.273. The Labute approximate surface area is 166 Å². The van der Waals surface area contributed by atoms with E-state index in [0.29, 0.717) is 22.9 Å². The Morgan fingerprint density at radius 3 is 2.86 bits per heavy atom. The Bertz CT molecular complexity index is 1150. The van der Waals surface area contributed by atoms with Crippen LogP contribution in [0.15, 0.2) is 52.9 Å². The molecule has 1 aliphatic heterocycles. The van der Waals surface area contributed by atoms with E-state index in [-0.39, 0.29) is 11.9 Å². The Hall–Kier alpha value is -2.70. The number of carbonyl (C=O) groups excluding carboxylic acids is 1. The van der Waals surface area contributed by atoms with Gasteiger partial charge in [-0.05, 0) is 38.0 Å². The molecular formula is C22H20N2O3S. The topological polar surface area (TPSA) is 66.6 Å². The number of rotatable bonds is 3. The number of thiazole rings is 1. The lowest BCUT2D eigenvalue weighted by Crippen LogP contribution is -2.39. The number of furan rings is 1. The Kier molecular flexibility index (Phi) is 4.18. The second kappa shape index (κ2) is 6.72.